The van der Waals surface area contributed by atoms with Crippen LogP contribution in [0.25, 0.3) is 0 Å². The van der Waals surface area contributed by atoms with Crippen LogP contribution in [0, 0.1) is 5.92 Å². The fourth-order valence-electron chi connectivity index (χ4n) is 2.53. The molecule has 0 radical (unpaired) electrons. The molecule has 1 saturated heterocycles. The molecule has 0 amide bonds. The Kier molecular flexibility index (Phi) is 3.93. The lowest BCUT2D eigenvalue weighted by molar-refractivity contribution is 0.0692. The average Bonchev–Trinajstić information content (AvgIpc) is 2.70. The molecule has 5 nitrogen and oxygen atoms in total. The van der Waals surface area contributed by atoms with Gasteiger partial charge in [-0.15, -0.1) is 0 Å². The van der Waals surface area contributed by atoms with Crippen molar-refractivity contribution >= 4 is 5.97 Å². The highest BCUT2D eigenvalue weighted by atomic mass is 16.4. The Hall–Kier alpha value is -1.46. The summed E-state index contributed by atoms with van der Waals surface area (Å²) in [7, 11) is 0. The van der Waals surface area contributed by atoms with E-state index < -0.39 is 5.97 Å². The summed E-state index contributed by atoms with van der Waals surface area (Å²) in [5.74, 6) is -0.516. The number of aromatic nitrogens is 1. The molecule has 0 aliphatic carbocycles. The summed E-state index contributed by atoms with van der Waals surface area (Å²) >= 11 is 0. The smallest absolute Gasteiger partial charge is 0.337 e. The van der Waals surface area contributed by atoms with Crippen LogP contribution in [0.4, 0.5) is 0 Å². The zero-order chi connectivity index (χ0) is 13.1. The third-order valence-corrected chi connectivity index (χ3v) is 3.66. The van der Waals surface area contributed by atoms with Crippen molar-refractivity contribution in [3.8, 4) is 0 Å². The van der Waals surface area contributed by atoms with Gasteiger partial charge >= 0.3 is 5.97 Å². The topological polar surface area (TPSA) is 73.7 Å². The van der Waals surface area contributed by atoms with E-state index in [2.05, 4.69) is 16.8 Å². The van der Waals surface area contributed by atoms with E-state index in [0.29, 0.717) is 18.2 Å². The Balaban J connectivity index is 2.17. The van der Waals surface area contributed by atoms with Crippen LogP contribution in [0.3, 0.4) is 0 Å². The number of carboxylic acid groups (broad SMARTS) is 1. The zero-order valence-corrected chi connectivity index (χ0v) is 10.4. The molecule has 2 rings (SSSR count). The van der Waals surface area contributed by atoms with Crippen LogP contribution in [-0.4, -0.2) is 45.3 Å². The summed E-state index contributed by atoms with van der Waals surface area (Å²) in [5, 5.41) is 18.5. The number of aromatic carboxylic acids is 1. The van der Waals surface area contributed by atoms with Crippen LogP contribution in [0.1, 0.15) is 29.4 Å². The minimum absolute atomic E-state index is 0.105. The molecule has 2 heterocycles. The molecule has 0 aromatic carbocycles. The molecule has 1 aromatic rings. The number of rotatable bonds is 4. The maximum absolute atomic E-state index is 11.1. The highest BCUT2D eigenvalue weighted by Gasteiger charge is 2.31. The van der Waals surface area contributed by atoms with Gasteiger partial charge in [0.1, 0.15) is 0 Å². The summed E-state index contributed by atoms with van der Waals surface area (Å²) in [6.07, 6.45) is 2.63. The summed E-state index contributed by atoms with van der Waals surface area (Å²) in [6.45, 7) is 3.58. The quantitative estimate of drug-likeness (QED) is 0.833. The standard InChI is InChI=1S/C13H18N2O3/c1-9-4-6-15(12(9)8-16)7-11-10(13(17)18)3-2-5-14-11/h2-3,5,9,12,16H,4,6-8H2,1H3,(H,17,18). The minimum Gasteiger partial charge on any atom is -0.478 e. The monoisotopic (exact) mass is 250 g/mol. The molecule has 0 saturated carbocycles. The van der Waals surface area contributed by atoms with Crippen LogP contribution < -0.4 is 0 Å². The molecule has 1 aromatic heterocycles. The van der Waals surface area contributed by atoms with Gasteiger partial charge in [0, 0.05) is 18.8 Å². The molecule has 0 spiro atoms. The van der Waals surface area contributed by atoms with Gasteiger partial charge in [-0.05, 0) is 31.0 Å². The molecule has 2 atom stereocenters. The fourth-order valence-corrected chi connectivity index (χ4v) is 2.53. The number of carboxylic acids is 1. The normalized spacial score (nSPS) is 24.3. The largest absolute Gasteiger partial charge is 0.478 e. The number of pyridine rings is 1. The first-order valence-corrected chi connectivity index (χ1v) is 6.15. The van der Waals surface area contributed by atoms with E-state index in [-0.39, 0.29) is 18.2 Å². The van der Waals surface area contributed by atoms with E-state index in [4.69, 9.17) is 5.11 Å². The maximum atomic E-state index is 11.1. The number of carbonyl (C=O) groups is 1. The van der Waals surface area contributed by atoms with Crippen molar-refractivity contribution in [1.29, 1.82) is 0 Å². The highest BCUT2D eigenvalue weighted by molar-refractivity contribution is 5.88. The van der Waals surface area contributed by atoms with E-state index >= 15 is 0 Å². The first-order chi connectivity index (χ1) is 8.63. The molecule has 1 fully saturated rings. The van der Waals surface area contributed by atoms with Crippen LogP contribution in [0.5, 0.6) is 0 Å². The third-order valence-electron chi connectivity index (χ3n) is 3.66. The van der Waals surface area contributed by atoms with Gasteiger partial charge in [-0.1, -0.05) is 6.92 Å². The Morgan fingerprint density at radius 1 is 1.61 bits per heavy atom. The van der Waals surface area contributed by atoms with Gasteiger partial charge in [0.25, 0.3) is 0 Å². The first-order valence-electron chi connectivity index (χ1n) is 6.15. The van der Waals surface area contributed by atoms with Crippen molar-refractivity contribution < 1.29 is 15.0 Å². The second-order valence-corrected chi connectivity index (χ2v) is 4.79. The number of nitrogens with zero attached hydrogens (tertiary/aromatic N) is 2. The van der Waals surface area contributed by atoms with Crippen LogP contribution >= 0.6 is 0 Å². The lowest BCUT2D eigenvalue weighted by Crippen LogP contribution is -2.35. The van der Waals surface area contributed by atoms with E-state index in [1.807, 2.05) is 0 Å². The second-order valence-electron chi connectivity index (χ2n) is 4.79. The van der Waals surface area contributed by atoms with Crippen molar-refractivity contribution in [3.05, 3.63) is 29.6 Å². The predicted molar refractivity (Wildman–Crippen MR) is 66.3 cm³/mol. The summed E-state index contributed by atoms with van der Waals surface area (Å²) in [5.41, 5.74) is 0.811. The Labute approximate surface area is 106 Å². The zero-order valence-electron chi connectivity index (χ0n) is 10.4. The summed E-state index contributed by atoms with van der Waals surface area (Å²) < 4.78 is 0. The molecule has 1 aliphatic heterocycles. The number of hydrogen-bond donors (Lipinski definition) is 2. The Morgan fingerprint density at radius 2 is 2.39 bits per heavy atom. The number of aliphatic hydroxyl groups is 1. The third kappa shape index (κ3) is 2.52. The van der Waals surface area contributed by atoms with Crippen LogP contribution in [0.2, 0.25) is 0 Å². The molecule has 98 valence electrons. The van der Waals surface area contributed by atoms with Crippen molar-refractivity contribution in [2.45, 2.75) is 25.9 Å². The SMILES string of the molecule is CC1CCN(Cc2ncccc2C(=O)O)C1CO. The van der Waals surface area contributed by atoms with E-state index in [9.17, 15) is 9.90 Å². The van der Waals surface area contributed by atoms with Gasteiger partial charge in [0.05, 0.1) is 17.9 Å². The highest BCUT2D eigenvalue weighted by Crippen LogP contribution is 2.25. The minimum atomic E-state index is -0.953. The molecule has 1 aliphatic rings. The number of hydrogen-bond acceptors (Lipinski definition) is 4. The summed E-state index contributed by atoms with van der Waals surface area (Å²) in [6, 6.07) is 3.30. The lowest BCUT2D eigenvalue weighted by Gasteiger charge is -2.24. The van der Waals surface area contributed by atoms with E-state index in [1.165, 1.54) is 0 Å². The van der Waals surface area contributed by atoms with Gasteiger partial charge in [-0.2, -0.15) is 0 Å². The van der Waals surface area contributed by atoms with E-state index in [0.717, 1.165) is 13.0 Å². The number of likely N-dealkylation sites (tertiary alicyclic amines) is 1. The lowest BCUT2D eigenvalue weighted by atomic mass is 10.0. The van der Waals surface area contributed by atoms with Gasteiger partial charge < -0.3 is 10.2 Å². The molecular formula is C13H18N2O3. The van der Waals surface area contributed by atoms with Crippen molar-refractivity contribution in [2.75, 3.05) is 13.2 Å². The Bertz CT molecular complexity index is 436. The number of aliphatic hydroxyl groups excluding tert-OH is 1. The van der Waals surface area contributed by atoms with Crippen LogP contribution in [0.15, 0.2) is 18.3 Å². The first kappa shape index (κ1) is 13.0. The van der Waals surface area contributed by atoms with Gasteiger partial charge in [0.15, 0.2) is 0 Å². The van der Waals surface area contributed by atoms with Gasteiger partial charge in [-0.3, -0.25) is 9.88 Å². The Morgan fingerprint density at radius 3 is 3.06 bits per heavy atom. The summed E-state index contributed by atoms with van der Waals surface area (Å²) in [4.78, 5) is 17.4. The molecule has 0 bridgehead atoms. The van der Waals surface area contributed by atoms with Crippen molar-refractivity contribution in [1.82, 2.24) is 9.88 Å². The molecule has 2 unspecified atom stereocenters. The average molecular weight is 250 g/mol. The maximum Gasteiger partial charge on any atom is 0.337 e. The fraction of sp³-hybridized carbons (Fsp3) is 0.538. The molecule has 2 N–H and O–H groups in total. The molecule has 5 heteroatoms. The molecule has 18 heavy (non-hydrogen) atoms. The van der Waals surface area contributed by atoms with Crippen LogP contribution in [-0.2, 0) is 6.54 Å². The van der Waals surface area contributed by atoms with Gasteiger partial charge in [-0.25, -0.2) is 4.79 Å². The predicted octanol–water partition coefficient (Wildman–Crippen LogP) is 0.982. The van der Waals surface area contributed by atoms with Crippen molar-refractivity contribution in [3.63, 3.8) is 0 Å². The van der Waals surface area contributed by atoms with Gasteiger partial charge in [0.2, 0.25) is 0 Å². The van der Waals surface area contributed by atoms with E-state index in [1.54, 1.807) is 18.3 Å². The molecular weight excluding hydrogens is 232 g/mol. The second kappa shape index (κ2) is 5.46. The van der Waals surface area contributed by atoms with Crippen molar-refractivity contribution in [2.24, 2.45) is 5.92 Å².